The normalized spacial score (nSPS) is 15.1. The number of amides is 1. The van der Waals surface area contributed by atoms with Crippen molar-refractivity contribution >= 4 is 39.9 Å². The monoisotopic (exact) mass is 317 g/mol. The number of rotatable bonds is 3. The zero-order valence-electron chi connectivity index (χ0n) is 11.0. The van der Waals surface area contributed by atoms with Gasteiger partial charge in [-0.25, -0.2) is 4.98 Å². The topological polar surface area (TPSA) is 71.1 Å². The first-order valence-corrected chi connectivity index (χ1v) is 7.78. The summed E-state index contributed by atoms with van der Waals surface area (Å²) >= 11 is 2.66. The fourth-order valence-corrected chi connectivity index (χ4v) is 3.54. The average molecular weight is 317 g/mol. The number of benzene rings is 1. The number of aromatic nitrogens is 1. The Morgan fingerprint density at radius 2 is 2.14 bits per heavy atom. The third-order valence-electron chi connectivity index (χ3n) is 2.86. The number of carbonyl (C=O) groups is 2. The van der Waals surface area contributed by atoms with E-state index in [-0.39, 0.29) is 11.7 Å². The summed E-state index contributed by atoms with van der Waals surface area (Å²) in [5, 5.41) is 6.09. The summed E-state index contributed by atoms with van der Waals surface area (Å²) < 4.78 is 0. The van der Waals surface area contributed by atoms with Crippen LogP contribution in [0.1, 0.15) is 20.0 Å². The number of hydrogen-bond donors (Lipinski definition) is 2. The minimum Gasteiger partial charge on any atom is -0.354 e. The number of Topliss-reactive ketones (excluding diaryl/α,β-unsaturated/α-hetero) is 1. The van der Waals surface area contributed by atoms with Gasteiger partial charge in [-0.05, 0) is 12.1 Å². The minimum atomic E-state index is -0.174. The fraction of sp³-hybridized carbons (Fsp3) is 0.0714. The molecule has 1 amide bonds. The largest absolute Gasteiger partial charge is 0.354 e. The molecule has 0 radical (unpaired) electrons. The summed E-state index contributed by atoms with van der Waals surface area (Å²) in [5.74, 6) is -0.168. The van der Waals surface area contributed by atoms with E-state index in [0.717, 1.165) is 10.5 Å². The Kier molecular flexibility index (Phi) is 3.76. The lowest BCUT2D eigenvalue weighted by Gasteiger charge is -1.96. The van der Waals surface area contributed by atoms with Crippen molar-refractivity contribution in [2.45, 2.75) is 4.90 Å². The van der Waals surface area contributed by atoms with Gasteiger partial charge in [-0.1, -0.05) is 35.2 Å². The Labute approximate surface area is 129 Å². The molecule has 0 atom stereocenters. The highest BCUT2D eigenvalue weighted by molar-refractivity contribution is 8.04. The molecular weight excluding hydrogens is 306 g/mol. The van der Waals surface area contributed by atoms with Crippen molar-refractivity contribution in [3.63, 3.8) is 0 Å². The summed E-state index contributed by atoms with van der Waals surface area (Å²) in [6, 6.07) is 7.50. The maximum Gasteiger partial charge on any atom is 0.262 e. The first-order chi connectivity index (χ1) is 10.2. The molecule has 1 aromatic carbocycles. The van der Waals surface area contributed by atoms with Crippen LogP contribution < -0.4 is 10.6 Å². The van der Waals surface area contributed by atoms with Gasteiger partial charge in [0.05, 0.1) is 11.1 Å². The molecule has 0 unspecified atom stereocenters. The number of anilines is 1. The van der Waals surface area contributed by atoms with Gasteiger partial charge >= 0.3 is 0 Å². The van der Waals surface area contributed by atoms with Crippen molar-refractivity contribution in [2.75, 3.05) is 12.4 Å². The number of fused-ring (bicyclic) bond motifs is 1. The number of nitrogens with zero attached hydrogens (tertiary/aromatic N) is 1. The molecule has 5 nitrogen and oxygen atoms in total. The molecule has 2 heterocycles. The van der Waals surface area contributed by atoms with Crippen LogP contribution in [0, 0.1) is 0 Å². The highest BCUT2D eigenvalue weighted by Gasteiger charge is 2.25. The predicted octanol–water partition coefficient (Wildman–Crippen LogP) is 2.74. The Morgan fingerprint density at radius 3 is 2.90 bits per heavy atom. The lowest BCUT2D eigenvalue weighted by molar-refractivity contribution is 0.0966. The lowest BCUT2D eigenvalue weighted by atomic mass is 10.1. The van der Waals surface area contributed by atoms with E-state index < -0.39 is 0 Å². The minimum absolute atomic E-state index is 0.00572. The Morgan fingerprint density at radius 1 is 1.33 bits per heavy atom. The molecule has 0 aliphatic carbocycles. The first kappa shape index (κ1) is 13.8. The van der Waals surface area contributed by atoms with Gasteiger partial charge in [0.2, 0.25) is 5.78 Å². The quantitative estimate of drug-likeness (QED) is 0.852. The number of thioether (sulfide) groups is 1. The van der Waals surface area contributed by atoms with E-state index in [2.05, 4.69) is 15.6 Å². The maximum atomic E-state index is 12.2. The van der Waals surface area contributed by atoms with Crippen LogP contribution >= 0.6 is 23.1 Å². The lowest BCUT2D eigenvalue weighted by Crippen LogP contribution is -2.16. The molecule has 1 aromatic heterocycles. The fourth-order valence-electron chi connectivity index (χ4n) is 1.83. The van der Waals surface area contributed by atoms with Gasteiger partial charge in [-0.3, -0.25) is 9.59 Å². The van der Waals surface area contributed by atoms with E-state index in [9.17, 15) is 9.59 Å². The molecule has 21 heavy (non-hydrogen) atoms. The number of hydrogen-bond acceptors (Lipinski definition) is 6. The summed E-state index contributed by atoms with van der Waals surface area (Å²) in [5.41, 5.74) is 0.723. The summed E-state index contributed by atoms with van der Waals surface area (Å²) in [7, 11) is 1.57. The predicted molar refractivity (Wildman–Crippen MR) is 83.8 cm³/mol. The van der Waals surface area contributed by atoms with Gasteiger partial charge in [0.25, 0.3) is 5.91 Å². The molecule has 0 saturated carbocycles. The molecule has 0 bridgehead atoms. The van der Waals surface area contributed by atoms with Gasteiger partial charge in [0, 0.05) is 23.7 Å². The molecule has 0 spiro atoms. The molecule has 1 aliphatic heterocycles. The second-order valence-electron chi connectivity index (χ2n) is 4.19. The first-order valence-electron chi connectivity index (χ1n) is 6.15. The number of thiazole rings is 1. The SMILES string of the molecule is CNC(=O)c1cnc(N/C=C2\Sc3ccccc3C2=O)s1. The Hall–Kier alpha value is -2.12. The van der Waals surface area contributed by atoms with Crippen LogP contribution in [0.3, 0.4) is 0 Å². The van der Waals surface area contributed by atoms with Gasteiger partial charge in [-0.15, -0.1) is 0 Å². The molecule has 1 aliphatic rings. The van der Waals surface area contributed by atoms with Gasteiger partial charge < -0.3 is 10.6 Å². The Bertz CT molecular complexity index is 752. The zero-order valence-corrected chi connectivity index (χ0v) is 12.7. The number of allylic oxidation sites excluding steroid dienone is 1. The molecular formula is C14H11N3O2S2. The zero-order chi connectivity index (χ0) is 14.8. The van der Waals surface area contributed by atoms with E-state index in [1.807, 2.05) is 24.3 Å². The van der Waals surface area contributed by atoms with Gasteiger partial charge in [0.15, 0.2) is 5.13 Å². The summed E-state index contributed by atoms with van der Waals surface area (Å²) in [6.07, 6.45) is 3.14. The molecule has 106 valence electrons. The van der Waals surface area contributed by atoms with Gasteiger partial charge in [-0.2, -0.15) is 0 Å². The molecule has 2 N–H and O–H groups in total. The van der Waals surface area contributed by atoms with Crippen molar-refractivity contribution in [1.82, 2.24) is 10.3 Å². The van der Waals surface area contributed by atoms with Crippen LogP contribution in [-0.4, -0.2) is 23.7 Å². The van der Waals surface area contributed by atoms with Crippen molar-refractivity contribution in [2.24, 2.45) is 0 Å². The van der Waals surface area contributed by atoms with Crippen LogP contribution in [0.4, 0.5) is 5.13 Å². The van der Waals surface area contributed by atoms with E-state index in [0.29, 0.717) is 14.9 Å². The second kappa shape index (κ2) is 5.71. The summed E-state index contributed by atoms with van der Waals surface area (Å²) in [4.78, 5) is 29.8. The molecule has 0 fully saturated rings. The number of nitrogens with one attached hydrogen (secondary N) is 2. The number of carbonyl (C=O) groups excluding carboxylic acids is 2. The smallest absolute Gasteiger partial charge is 0.262 e. The van der Waals surface area contributed by atoms with E-state index in [4.69, 9.17) is 0 Å². The Balaban J connectivity index is 1.75. The van der Waals surface area contributed by atoms with Crippen molar-refractivity contribution in [1.29, 1.82) is 0 Å². The van der Waals surface area contributed by atoms with Crippen molar-refractivity contribution in [3.8, 4) is 0 Å². The molecule has 7 heteroatoms. The molecule has 0 saturated heterocycles. The third kappa shape index (κ3) is 2.70. The van der Waals surface area contributed by atoms with Crippen molar-refractivity contribution in [3.05, 3.63) is 52.0 Å². The highest BCUT2D eigenvalue weighted by Crippen LogP contribution is 2.39. The third-order valence-corrected chi connectivity index (χ3v) is 4.89. The number of ketones is 1. The van der Waals surface area contributed by atoms with E-state index in [1.54, 1.807) is 13.2 Å². The average Bonchev–Trinajstić information content (AvgIpc) is 3.10. The van der Waals surface area contributed by atoms with Crippen LogP contribution in [-0.2, 0) is 0 Å². The van der Waals surface area contributed by atoms with E-state index in [1.165, 1.54) is 29.3 Å². The van der Waals surface area contributed by atoms with Crippen molar-refractivity contribution < 1.29 is 9.59 Å². The van der Waals surface area contributed by atoms with Gasteiger partial charge in [0.1, 0.15) is 4.88 Å². The molecule has 3 rings (SSSR count). The van der Waals surface area contributed by atoms with Crippen LogP contribution in [0.15, 0.2) is 46.5 Å². The summed E-state index contributed by atoms with van der Waals surface area (Å²) in [6.45, 7) is 0. The standard InChI is InChI=1S/C14H11N3O2S2/c1-15-13(19)11-7-17-14(21-11)16-6-10-12(18)8-4-2-3-5-9(8)20-10/h2-7H,1H3,(H,15,19)(H,16,17)/b10-6-. The van der Waals surface area contributed by atoms with E-state index >= 15 is 0 Å². The maximum absolute atomic E-state index is 12.2. The van der Waals surface area contributed by atoms with Crippen LogP contribution in [0.25, 0.3) is 0 Å². The highest BCUT2D eigenvalue weighted by atomic mass is 32.2. The van der Waals surface area contributed by atoms with Crippen LogP contribution in [0.5, 0.6) is 0 Å². The van der Waals surface area contributed by atoms with Crippen LogP contribution in [0.2, 0.25) is 0 Å². The molecule has 2 aromatic rings. The second-order valence-corrected chi connectivity index (χ2v) is 6.30.